The molecule has 4 heterocycles. The van der Waals surface area contributed by atoms with Crippen LogP contribution >= 0.6 is 0 Å². The number of rotatable bonds is 7. The van der Waals surface area contributed by atoms with E-state index in [2.05, 4.69) is 73.9 Å². The molecule has 4 atom stereocenters. The molecule has 4 unspecified atom stereocenters. The Kier molecular flexibility index (Phi) is 5.62. The third kappa shape index (κ3) is 4.88. The molecule has 0 aromatic carbocycles. The molecule has 0 aliphatic carbocycles. The molecule has 1 saturated heterocycles. The lowest BCUT2D eigenvalue weighted by atomic mass is 10.1. The molecule has 2 aromatic heterocycles. The Morgan fingerprint density at radius 2 is 1.74 bits per heavy atom. The van der Waals surface area contributed by atoms with E-state index < -0.39 is 24.9 Å². The first kappa shape index (κ1) is 22.9. The first-order chi connectivity index (χ1) is 14.2. The SMILES string of the molecule is C[Si](C)(C)Nc1ncnc2c1nc1n2C2OC(CO[Si](C)(C)C)C(O1)C2O[Si](C)(C)C. The van der Waals surface area contributed by atoms with Crippen molar-refractivity contribution in [2.45, 2.75) is 83.5 Å². The number of nitrogens with zero attached hydrogens (tertiary/aromatic N) is 4. The molecule has 0 radical (unpaired) electrons. The summed E-state index contributed by atoms with van der Waals surface area (Å²) in [6.45, 7) is 20.2. The van der Waals surface area contributed by atoms with Crippen molar-refractivity contribution in [3.8, 4) is 6.01 Å². The van der Waals surface area contributed by atoms with Gasteiger partial charge in [-0.25, -0.2) is 14.5 Å². The number of ether oxygens (including phenoxy) is 2. The van der Waals surface area contributed by atoms with E-state index in [0.717, 1.165) is 5.82 Å². The zero-order valence-electron chi connectivity index (χ0n) is 20.0. The number of hydrogen-bond acceptors (Lipinski definition) is 8. The molecule has 1 fully saturated rings. The van der Waals surface area contributed by atoms with E-state index in [1.54, 1.807) is 6.33 Å². The van der Waals surface area contributed by atoms with E-state index in [9.17, 15) is 0 Å². The van der Waals surface area contributed by atoms with E-state index in [-0.39, 0.29) is 24.5 Å². The molecule has 0 spiro atoms. The average Bonchev–Trinajstić information content (AvgIpc) is 3.05. The fourth-order valence-corrected chi connectivity index (χ4v) is 6.45. The molecule has 9 nitrogen and oxygen atoms in total. The Balaban J connectivity index is 1.72. The van der Waals surface area contributed by atoms with Gasteiger partial charge in [-0.1, -0.05) is 19.6 Å². The lowest BCUT2D eigenvalue weighted by Crippen LogP contribution is -2.48. The molecule has 0 saturated carbocycles. The number of fused-ring (bicyclic) bond motifs is 6. The van der Waals surface area contributed by atoms with E-state index in [1.807, 2.05) is 4.57 Å². The fraction of sp³-hybridized carbons (Fsp3) is 0.737. The van der Waals surface area contributed by atoms with Crippen molar-refractivity contribution in [1.82, 2.24) is 19.5 Å². The maximum Gasteiger partial charge on any atom is 0.301 e. The molecule has 2 bridgehead atoms. The van der Waals surface area contributed by atoms with Crippen LogP contribution in [0.3, 0.4) is 0 Å². The summed E-state index contributed by atoms with van der Waals surface area (Å²) in [5.74, 6) is 0.742. The monoisotopic (exact) mass is 481 g/mol. The molecule has 12 heteroatoms. The van der Waals surface area contributed by atoms with Gasteiger partial charge in [0.2, 0.25) is 0 Å². The summed E-state index contributed by atoms with van der Waals surface area (Å²) >= 11 is 0. The molecule has 2 aliphatic rings. The molecule has 2 aliphatic heterocycles. The van der Waals surface area contributed by atoms with Crippen molar-refractivity contribution in [1.29, 1.82) is 0 Å². The smallest absolute Gasteiger partial charge is 0.301 e. The standard InChI is InChI=1S/C19H35N5O4Si3/c1-29(2,3)23-16-13-17(21-11-20-16)24-18-15(28-31(7,8)9)14(27-19(24)22-13)12(26-18)10-25-30(4,5)6/h11-12,14-15,18H,10H2,1-9H3,(H,20,21,23). The van der Waals surface area contributed by atoms with Crippen LogP contribution in [0.1, 0.15) is 6.23 Å². The zero-order chi connectivity index (χ0) is 22.8. The highest BCUT2D eigenvalue weighted by Crippen LogP contribution is 2.44. The maximum atomic E-state index is 6.56. The summed E-state index contributed by atoms with van der Waals surface area (Å²) in [6.07, 6.45) is 0.515. The Bertz CT molecular complexity index is 966. The van der Waals surface area contributed by atoms with Gasteiger partial charge in [-0.05, 0) is 39.3 Å². The van der Waals surface area contributed by atoms with Crippen molar-refractivity contribution in [3.05, 3.63) is 6.33 Å². The Labute approximate surface area is 187 Å². The summed E-state index contributed by atoms with van der Waals surface area (Å²) < 4.78 is 27.6. The van der Waals surface area contributed by atoms with Gasteiger partial charge >= 0.3 is 6.01 Å². The lowest BCUT2D eigenvalue weighted by molar-refractivity contribution is -0.0441. The maximum absolute atomic E-state index is 6.56. The van der Waals surface area contributed by atoms with Crippen LogP contribution in [0.4, 0.5) is 5.82 Å². The molecule has 4 rings (SSSR count). The highest BCUT2D eigenvalue weighted by molar-refractivity contribution is 6.79. The van der Waals surface area contributed by atoms with Crippen LogP contribution < -0.4 is 9.72 Å². The number of anilines is 1. The van der Waals surface area contributed by atoms with Gasteiger partial charge in [0.1, 0.15) is 32.6 Å². The summed E-state index contributed by atoms with van der Waals surface area (Å²) in [6, 6.07) is 0.509. The van der Waals surface area contributed by atoms with Crippen LogP contribution in [0.2, 0.25) is 58.9 Å². The Hall–Kier alpha value is -1.32. The number of imidazole rings is 1. The largest absolute Gasteiger partial charge is 0.455 e. The third-order valence-corrected chi connectivity index (χ3v) is 7.89. The van der Waals surface area contributed by atoms with Crippen molar-refractivity contribution in [2.24, 2.45) is 0 Å². The Morgan fingerprint density at radius 3 is 2.35 bits per heavy atom. The summed E-state index contributed by atoms with van der Waals surface area (Å²) in [5.41, 5.74) is 1.41. The predicted octanol–water partition coefficient (Wildman–Crippen LogP) is 3.80. The predicted molar refractivity (Wildman–Crippen MR) is 128 cm³/mol. The molecular weight excluding hydrogens is 446 g/mol. The molecule has 172 valence electrons. The molecule has 0 amide bonds. The number of aromatic nitrogens is 4. The number of nitrogens with one attached hydrogen (secondary N) is 1. The van der Waals surface area contributed by atoms with Gasteiger partial charge < -0.3 is 23.3 Å². The zero-order valence-corrected chi connectivity index (χ0v) is 23.0. The van der Waals surface area contributed by atoms with Gasteiger partial charge in [0.15, 0.2) is 40.1 Å². The van der Waals surface area contributed by atoms with Gasteiger partial charge in [0.25, 0.3) is 0 Å². The minimum atomic E-state index is -1.85. The van der Waals surface area contributed by atoms with Crippen LogP contribution in [-0.2, 0) is 13.6 Å². The first-order valence-corrected chi connectivity index (χ1v) is 21.2. The third-order valence-electron chi connectivity index (χ3n) is 4.89. The van der Waals surface area contributed by atoms with Gasteiger partial charge in [-0.2, -0.15) is 4.98 Å². The topological polar surface area (TPSA) is 92.6 Å². The van der Waals surface area contributed by atoms with E-state index in [1.165, 1.54) is 0 Å². The average molecular weight is 482 g/mol. The highest BCUT2D eigenvalue weighted by atomic mass is 28.4. The van der Waals surface area contributed by atoms with Crippen LogP contribution in [-0.4, -0.2) is 69.3 Å². The van der Waals surface area contributed by atoms with Gasteiger partial charge in [0, 0.05) is 0 Å². The van der Waals surface area contributed by atoms with Crippen LogP contribution in [0.25, 0.3) is 11.2 Å². The second kappa shape index (κ2) is 7.63. The molecule has 1 N–H and O–H groups in total. The summed E-state index contributed by atoms with van der Waals surface area (Å²) in [7, 11) is -5.17. The normalized spacial score (nSPS) is 26.1. The van der Waals surface area contributed by atoms with E-state index >= 15 is 0 Å². The molecule has 31 heavy (non-hydrogen) atoms. The van der Waals surface area contributed by atoms with Gasteiger partial charge in [0.05, 0.1) is 6.61 Å². The van der Waals surface area contributed by atoms with E-state index in [4.69, 9.17) is 23.3 Å². The van der Waals surface area contributed by atoms with E-state index in [0.29, 0.717) is 23.8 Å². The van der Waals surface area contributed by atoms with Crippen molar-refractivity contribution in [3.63, 3.8) is 0 Å². The van der Waals surface area contributed by atoms with Crippen molar-refractivity contribution in [2.75, 3.05) is 11.6 Å². The van der Waals surface area contributed by atoms with Crippen LogP contribution in [0.5, 0.6) is 6.01 Å². The fourth-order valence-electron chi connectivity index (χ4n) is 3.83. The van der Waals surface area contributed by atoms with Gasteiger partial charge in [-0.15, -0.1) is 0 Å². The van der Waals surface area contributed by atoms with Crippen LogP contribution in [0, 0.1) is 0 Å². The summed E-state index contributed by atoms with van der Waals surface area (Å²) in [5, 5.41) is 0. The minimum Gasteiger partial charge on any atom is -0.455 e. The van der Waals surface area contributed by atoms with Crippen molar-refractivity contribution >= 4 is 41.9 Å². The quantitative estimate of drug-likeness (QED) is 0.597. The highest BCUT2D eigenvalue weighted by Gasteiger charge is 2.54. The molecule has 2 aromatic rings. The summed E-state index contributed by atoms with van der Waals surface area (Å²) in [4.78, 5) is 17.3. The molecular formula is C19H35N5O4Si3. The van der Waals surface area contributed by atoms with Crippen molar-refractivity contribution < 1.29 is 18.3 Å². The van der Waals surface area contributed by atoms with Crippen LogP contribution in [0.15, 0.2) is 6.33 Å². The first-order valence-electron chi connectivity index (χ1n) is 10.9. The Morgan fingerprint density at radius 1 is 1.03 bits per heavy atom. The minimum absolute atomic E-state index is 0.212. The second-order valence-corrected chi connectivity index (χ2v) is 25.0. The lowest BCUT2D eigenvalue weighted by Gasteiger charge is -2.34. The van der Waals surface area contributed by atoms with Gasteiger partial charge in [-0.3, -0.25) is 0 Å². The second-order valence-electron chi connectivity index (χ2n) is 11.3. The number of hydrogen-bond donors (Lipinski definition) is 1.